The maximum absolute atomic E-state index is 11.3. The summed E-state index contributed by atoms with van der Waals surface area (Å²) in [5.74, 6) is 1.50. The summed E-state index contributed by atoms with van der Waals surface area (Å²) >= 11 is 0. The number of rotatable bonds is 1. The van der Waals surface area contributed by atoms with Crippen molar-refractivity contribution in [1.29, 1.82) is 0 Å². The molecule has 2 unspecified atom stereocenters. The van der Waals surface area contributed by atoms with Crippen molar-refractivity contribution in [1.82, 2.24) is 9.80 Å². The topological polar surface area (TPSA) is 23.6 Å². The molecule has 0 aliphatic carbocycles. The highest BCUT2D eigenvalue weighted by Crippen LogP contribution is 2.29. The zero-order chi connectivity index (χ0) is 9.42. The van der Waals surface area contributed by atoms with Gasteiger partial charge in [-0.05, 0) is 25.0 Å². The molecule has 3 heteroatoms. The molecule has 2 atom stereocenters. The van der Waals surface area contributed by atoms with E-state index in [-0.39, 0.29) is 5.91 Å². The predicted molar refractivity (Wildman–Crippen MR) is 51.3 cm³/mol. The summed E-state index contributed by atoms with van der Waals surface area (Å²) in [6.07, 6.45) is 1.42. The Hall–Kier alpha value is -0.830. The third-order valence-electron chi connectivity index (χ3n) is 3.16. The lowest BCUT2D eigenvalue weighted by Crippen LogP contribution is -2.30. The smallest absolute Gasteiger partial charge is 0.245 e. The molecule has 0 aromatic heterocycles. The fraction of sp³-hybridized carbons (Fsp3) is 0.700. The Morgan fingerprint density at radius 1 is 1.31 bits per heavy atom. The summed E-state index contributed by atoms with van der Waals surface area (Å²) in [6.45, 7) is 7.66. The number of fused-ring (bicyclic) bond motifs is 1. The summed E-state index contributed by atoms with van der Waals surface area (Å²) in [5.41, 5.74) is 0. The Kier molecular flexibility index (Phi) is 2.12. The second-order valence-corrected chi connectivity index (χ2v) is 4.19. The van der Waals surface area contributed by atoms with Crippen LogP contribution < -0.4 is 0 Å². The monoisotopic (exact) mass is 180 g/mol. The SMILES string of the molecule is C=CC(=O)N1CC2CN(C)CC2C1. The molecule has 0 radical (unpaired) electrons. The lowest BCUT2D eigenvalue weighted by Gasteiger charge is -2.17. The third-order valence-corrected chi connectivity index (χ3v) is 3.16. The van der Waals surface area contributed by atoms with Crippen molar-refractivity contribution in [2.24, 2.45) is 11.8 Å². The second kappa shape index (κ2) is 3.14. The molecule has 72 valence electrons. The van der Waals surface area contributed by atoms with Crippen LogP contribution in [0, 0.1) is 11.8 Å². The van der Waals surface area contributed by atoms with Crippen LogP contribution in [0.1, 0.15) is 0 Å². The van der Waals surface area contributed by atoms with Crippen LogP contribution in [0.2, 0.25) is 0 Å². The lowest BCUT2D eigenvalue weighted by atomic mass is 10.0. The number of hydrogen-bond donors (Lipinski definition) is 0. The van der Waals surface area contributed by atoms with E-state index < -0.39 is 0 Å². The summed E-state index contributed by atoms with van der Waals surface area (Å²) in [7, 11) is 2.15. The summed E-state index contributed by atoms with van der Waals surface area (Å²) in [6, 6.07) is 0. The molecule has 0 spiro atoms. The van der Waals surface area contributed by atoms with Gasteiger partial charge in [0.25, 0.3) is 0 Å². The molecule has 13 heavy (non-hydrogen) atoms. The molecule has 2 aliphatic heterocycles. The van der Waals surface area contributed by atoms with Crippen LogP contribution in [-0.2, 0) is 4.79 Å². The van der Waals surface area contributed by atoms with Gasteiger partial charge in [-0.15, -0.1) is 0 Å². The Balaban J connectivity index is 1.97. The average Bonchev–Trinajstić information content (AvgIpc) is 2.59. The highest BCUT2D eigenvalue weighted by molar-refractivity contribution is 5.87. The summed E-state index contributed by atoms with van der Waals surface area (Å²) in [4.78, 5) is 15.6. The predicted octanol–water partition coefficient (Wildman–Crippen LogP) is 0.192. The van der Waals surface area contributed by atoms with Crippen molar-refractivity contribution < 1.29 is 4.79 Å². The van der Waals surface area contributed by atoms with E-state index in [9.17, 15) is 4.79 Å². The standard InChI is InChI=1S/C10H16N2O/c1-3-10(13)12-6-8-4-11(2)5-9(8)7-12/h3,8-9H,1,4-7H2,2H3. The van der Waals surface area contributed by atoms with Crippen molar-refractivity contribution in [2.45, 2.75) is 0 Å². The van der Waals surface area contributed by atoms with E-state index in [0.29, 0.717) is 11.8 Å². The number of likely N-dealkylation sites (tertiary alicyclic amines) is 2. The van der Waals surface area contributed by atoms with Crippen LogP contribution in [0.25, 0.3) is 0 Å². The minimum absolute atomic E-state index is 0.0945. The van der Waals surface area contributed by atoms with Gasteiger partial charge in [0.05, 0.1) is 0 Å². The quantitative estimate of drug-likeness (QED) is 0.538. The highest BCUT2D eigenvalue weighted by Gasteiger charge is 2.39. The highest BCUT2D eigenvalue weighted by atomic mass is 16.2. The van der Waals surface area contributed by atoms with Crippen LogP contribution in [0.4, 0.5) is 0 Å². The van der Waals surface area contributed by atoms with Crippen molar-refractivity contribution in [3.8, 4) is 0 Å². The van der Waals surface area contributed by atoms with Crippen molar-refractivity contribution >= 4 is 5.91 Å². The van der Waals surface area contributed by atoms with Crippen LogP contribution in [0.3, 0.4) is 0 Å². The molecule has 1 amide bonds. The van der Waals surface area contributed by atoms with E-state index >= 15 is 0 Å². The van der Waals surface area contributed by atoms with Gasteiger partial charge in [-0.2, -0.15) is 0 Å². The Morgan fingerprint density at radius 2 is 1.85 bits per heavy atom. The van der Waals surface area contributed by atoms with Gasteiger partial charge in [-0.25, -0.2) is 0 Å². The van der Waals surface area contributed by atoms with Crippen LogP contribution >= 0.6 is 0 Å². The summed E-state index contributed by atoms with van der Waals surface area (Å²) in [5, 5.41) is 0. The molecule has 2 fully saturated rings. The van der Waals surface area contributed by atoms with E-state index in [1.165, 1.54) is 6.08 Å². The zero-order valence-corrected chi connectivity index (χ0v) is 8.07. The molecule has 0 bridgehead atoms. The lowest BCUT2D eigenvalue weighted by molar-refractivity contribution is -0.125. The number of hydrogen-bond acceptors (Lipinski definition) is 2. The van der Waals surface area contributed by atoms with Crippen molar-refractivity contribution in [2.75, 3.05) is 33.2 Å². The first kappa shape index (κ1) is 8.75. The second-order valence-electron chi connectivity index (χ2n) is 4.19. The average molecular weight is 180 g/mol. The number of nitrogens with zero attached hydrogens (tertiary/aromatic N) is 2. The first-order chi connectivity index (χ1) is 6.20. The van der Waals surface area contributed by atoms with Crippen molar-refractivity contribution in [3.05, 3.63) is 12.7 Å². The maximum Gasteiger partial charge on any atom is 0.245 e. The van der Waals surface area contributed by atoms with Crippen LogP contribution in [-0.4, -0.2) is 48.9 Å². The van der Waals surface area contributed by atoms with Gasteiger partial charge in [0.1, 0.15) is 0 Å². The summed E-state index contributed by atoms with van der Waals surface area (Å²) < 4.78 is 0. The molecule has 2 rings (SSSR count). The maximum atomic E-state index is 11.3. The Labute approximate surface area is 79.0 Å². The molecular weight excluding hydrogens is 164 g/mol. The van der Waals surface area contributed by atoms with Gasteiger partial charge in [0.15, 0.2) is 0 Å². The molecule has 0 N–H and O–H groups in total. The first-order valence-corrected chi connectivity index (χ1v) is 4.80. The van der Waals surface area contributed by atoms with E-state index in [4.69, 9.17) is 0 Å². The Morgan fingerprint density at radius 3 is 2.31 bits per heavy atom. The number of carbonyl (C=O) groups excluding carboxylic acids is 1. The van der Waals surface area contributed by atoms with Gasteiger partial charge in [0, 0.05) is 26.2 Å². The van der Waals surface area contributed by atoms with Gasteiger partial charge >= 0.3 is 0 Å². The van der Waals surface area contributed by atoms with Crippen LogP contribution in [0.15, 0.2) is 12.7 Å². The molecular formula is C10H16N2O. The zero-order valence-electron chi connectivity index (χ0n) is 8.07. The van der Waals surface area contributed by atoms with E-state index in [1.807, 2.05) is 4.90 Å². The largest absolute Gasteiger partial charge is 0.339 e. The Bertz CT molecular complexity index is 225. The van der Waals surface area contributed by atoms with E-state index in [2.05, 4.69) is 18.5 Å². The van der Waals surface area contributed by atoms with Crippen LogP contribution in [0.5, 0.6) is 0 Å². The molecule has 0 saturated carbocycles. The normalized spacial score (nSPS) is 33.5. The molecule has 2 aliphatic rings. The fourth-order valence-electron chi connectivity index (χ4n) is 2.54. The van der Waals surface area contributed by atoms with E-state index in [0.717, 1.165) is 26.2 Å². The van der Waals surface area contributed by atoms with Gasteiger partial charge in [-0.3, -0.25) is 4.79 Å². The molecule has 0 aromatic carbocycles. The van der Waals surface area contributed by atoms with Gasteiger partial charge < -0.3 is 9.80 Å². The fourth-order valence-corrected chi connectivity index (χ4v) is 2.54. The first-order valence-electron chi connectivity index (χ1n) is 4.80. The number of carbonyl (C=O) groups is 1. The van der Waals surface area contributed by atoms with Crippen molar-refractivity contribution in [3.63, 3.8) is 0 Å². The molecule has 2 heterocycles. The third kappa shape index (κ3) is 1.48. The van der Waals surface area contributed by atoms with E-state index in [1.54, 1.807) is 0 Å². The number of amides is 1. The van der Waals surface area contributed by atoms with Gasteiger partial charge in [0.2, 0.25) is 5.91 Å². The molecule has 2 saturated heterocycles. The molecule has 0 aromatic rings. The van der Waals surface area contributed by atoms with Gasteiger partial charge in [-0.1, -0.05) is 6.58 Å². The molecule has 3 nitrogen and oxygen atoms in total. The minimum Gasteiger partial charge on any atom is -0.339 e. The minimum atomic E-state index is 0.0945.